The van der Waals surface area contributed by atoms with E-state index in [0.717, 1.165) is 16.9 Å². The van der Waals surface area contributed by atoms with E-state index in [1.807, 2.05) is 54.6 Å². The van der Waals surface area contributed by atoms with Crippen LogP contribution in [0.5, 0.6) is 5.75 Å². The molecule has 7 heteroatoms. The van der Waals surface area contributed by atoms with Crippen molar-refractivity contribution in [3.05, 3.63) is 71.8 Å². The van der Waals surface area contributed by atoms with Crippen LogP contribution in [0.2, 0.25) is 0 Å². The lowest BCUT2D eigenvalue weighted by molar-refractivity contribution is -0.275. The molecule has 7 nitrogen and oxygen atoms in total. The minimum Gasteiger partial charge on any atom is -0.497 e. The van der Waals surface area contributed by atoms with Crippen LogP contribution in [0.15, 0.2) is 60.7 Å². The van der Waals surface area contributed by atoms with E-state index in [4.69, 9.17) is 23.7 Å². The molecule has 0 unspecified atom stereocenters. The molecule has 0 aromatic heterocycles. The van der Waals surface area contributed by atoms with Crippen LogP contribution in [0.1, 0.15) is 11.1 Å². The van der Waals surface area contributed by atoms with E-state index in [-0.39, 0.29) is 13.2 Å². The SMILES string of the molecule is COc1ccc(CO[C@@H]2[C@@H](O)[C@H](OC)OC[C@H]2OC(=O)/C=C/c2ccccc2)cc1. The second-order valence-electron chi connectivity index (χ2n) is 6.77. The van der Waals surface area contributed by atoms with Crippen LogP contribution in [0, 0.1) is 0 Å². The standard InChI is InChI=1S/C23H26O7/c1-26-18-11-8-17(9-12-18)14-28-22-19(15-29-23(27-2)21(22)25)30-20(24)13-10-16-6-4-3-5-7-16/h3-13,19,21-23,25H,14-15H2,1-2H3/b13-10+/t19-,21-,22+,23-/m1/s1. The minimum absolute atomic E-state index is 0.0494. The van der Waals surface area contributed by atoms with Crippen molar-refractivity contribution in [3.8, 4) is 5.75 Å². The van der Waals surface area contributed by atoms with Gasteiger partial charge in [0.2, 0.25) is 0 Å². The Labute approximate surface area is 175 Å². The number of hydrogen-bond acceptors (Lipinski definition) is 7. The zero-order chi connectivity index (χ0) is 21.3. The highest BCUT2D eigenvalue weighted by atomic mass is 16.7. The van der Waals surface area contributed by atoms with Crippen molar-refractivity contribution >= 4 is 12.0 Å². The zero-order valence-electron chi connectivity index (χ0n) is 17.0. The first-order chi connectivity index (χ1) is 14.6. The van der Waals surface area contributed by atoms with Gasteiger partial charge in [-0.05, 0) is 29.3 Å². The fourth-order valence-corrected chi connectivity index (χ4v) is 3.10. The van der Waals surface area contributed by atoms with Crippen molar-refractivity contribution in [2.45, 2.75) is 31.2 Å². The maximum atomic E-state index is 12.3. The maximum absolute atomic E-state index is 12.3. The Kier molecular flexibility index (Phi) is 7.98. The number of aliphatic hydroxyl groups excluding tert-OH is 1. The van der Waals surface area contributed by atoms with Crippen molar-refractivity contribution in [2.75, 3.05) is 20.8 Å². The van der Waals surface area contributed by atoms with E-state index >= 15 is 0 Å². The first-order valence-corrected chi connectivity index (χ1v) is 9.61. The Morgan fingerprint density at radius 2 is 1.87 bits per heavy atom. The Hall–Kier alpha value is -2.71. The molecule has 0 saturated carbocycles. The molecule has 1 heterocycles. The van der Waals surface area contributed by atoms with Gasteiger partial charge in [-0.25, -0.2) is 4.79 Å². The molecule has 1 aliphatic heterocycles. The number of methoxy groups -OCH3 is 2. The zero-order valence-corrected chi connectivity index (χ0v) is 17.0. The average Bonchev–Trinajstić information content (AvgIpc) is 2.78. The average molecular weight is 414 g/mol. The van der Waals surface area contributed by atoms with Crippen LogP contribution in [0.3, 0.4) is 0 Å². The first kappa shape index (κ1) is 22.0. The van der Waals surface area contributed by atoms with Crippen molar-refractivity contribution in [3.63, 3.8) is 0 Å². The number of ether oxygens (including phenoxy) is 5. The Morgan fingerprint density at radius 3 is 2.53 bits per heavy atom. The van der Waals surface area contributed by atoms with Gasteiger partial charge in [-0.1, -0.05) is 42.5 Å². The lowest BCUT2D eigenvalue weighted by atomic mass is 10.0. The van der Waals surface area contributed by atoms with Gasteiger partial charge in [-0.2, -0.15) is 0 Å². The predicted molar refractivity (Wildman–Crippen MR) is 110 cm³/mol. The van der Waals surface area contributed by atoms with Gasteiger partial charge >= 0.3 is 5.97 Å². The molecular formula is C23H26O7. The fraction of sp³-hybridized carbons (Fsp3) is 0.348. The van der Waals surface area contributed by atoms with Crippen LogP contribution in [-0.4, -0.2) is 56.5 Å². The lowest BCUT2D eigenvalue weighted by Crippen LogP contribution is -2.55. The summed E-state index contributed by atoms with van der Waals surface area (Å²) < 4.78 is 27.2. The normalized spacial score (nSPS) is 24.0. The summed E-state index contributed by atoms with van der Waals surface area (Å²) in [5, 5.41) is 10.6. The third-order valence-electron chi connectivity index (χ3n) is 4.72. The molecule has 160 valence electrons. The highest BCUT2D eigenvalue weighted by molar-refractivity contribution is 5.87. The maximum Gasteiger partial charge on any atom is 0.331 e. The number of hydrogen-bond donors (Lipinski definition) is 1. The number of carbonyl (C=O) groups excluding carboxylic acids is 1. The molecule has 1 aliphatic rings. The molecule has 0 aliphatic carbocycles. The number of carbonyl (C=O) groups is 1. The van der Waals surface area contributed by atoms with Crippen LogP contribution in [0.25, 0.3) is 6.08 Å². The van der Waals surface area contributed by atoms with Crippen LogP contribution in [-0.2, 0) is 30.3 Å². The second-order valence-corrected chi connectivity index (χ2v) is 6.77. The smallest absolute Gasteiger partial charge is 0.331 e. The number of benzene rings is 2. The molecule has 0 amide bonds. The summed E-state index contributed by atoms with van der Waals surface area (Å²) in [5.74, 6) is 0.190. The monoisotopic (exact) mass is 414 g/mol. The van der Waals surface area contributed by atoms with E-state index in [2.05, 4.69) is 0 Å². The van der Waals surface area contributed by atoms with E-state index in [0.29, 0.717) is 0 Å². The molecular weight excluding hydrogens is 388 g/mol. The van der Waals surface area contributed by atoms with Gasteiger partial charge in [0, 0.05) is 13.2 Å². The van der Waals surface area contributed by atoms with Gasteiger partial charge in [0.25, 0.3) is 0 Å². The van der Waals surface area contributed by atoms with E-state index in [1.54, 1.807) is 13.2 Å². The largest absolute Gasteiger partial charge is 0.497 e. The molecule has 2 aromatic carbocycles. The molecule has 3 rings (SSSR count). The van der Waals surface area contributed by atoms with Crippen molar-refractivity contribution in [1.82, 2.24) is 0 Å². The summed E-state index contributed by atoms with van der Waals surface area (Å²) in [6.07, 6.45) is -0.561. The Balaban J connectivity index is 1.64. The third-order valence-corrected chi connectivity index (χ3v) is 4.72. The number of esters is 1. The molecule has 1 saturated heterocycles. The molecule has 1 fully saturated rings. The van der Waals surface area contributed by atoms with E-state index in [9.17, 15) is 9.90 Å². The molecule has 30 heavy (non-hydrogen) atoms. The van der Waals surface area contributed by atoms with E-state index < -0.39 is 30.6 Å². The first-order valence-electron chi connectivity index (χ1n) is 9.61. The topological polar surface area (TPSA) is 83.5 Å². The summed E-state index contributed by atoms with van der Waals surface area (Å²) >= 11 is 0. The molecule has 4 atom stereocenters. The summed E-state index contributed by atoms with van der Waals surface area (Å²) in [6, 6.07) is 16.8. The van der Waals surface area contributed by atoms with Crippen molar-refractivity contribution in [2.24, 2.45) is 0 Å². The third kappa shape index (κ3) is 5.90. The second kappa shape index (κ2) is 10.9. The summed E-state index contributed by atoms with van der Waals surface area (Å²) in [7, 11) is 3.03. The Bertz CT molecular complexity index is 819. The van der Waals surface area contributed by atoms with Crippen LogP contribution < -0.4 is 4.74 Å². The minimum atomic E-state index is -1.11. The van der Waals surface area contributed by atoms with Crippen molar-refractivity contribution < 1.29 is 33.6 Å². The van der Waals surface area contributed by atoms with Gasteiger partial charge in [0.15, 0.2) is 12.4 Å². The van der Waals surface area contributed by atoms with Crippen LogP contribution >= 0.6 is 0 Å². The Morgan fingerprint density at radius 1 is 1.13 bits per heavy atom. The van der Waals surface area contributed by atoms with Gasteiger partial charge in [-0.3, -0.25) is 0 Å². The number of aliphatic hydroxyl groups is 1. The number of rotatable bonds is 8. The lowest BCUT2D eigenvalue weighted by Gasteiger charge is -2.38. The van der Waals surface area contributed by atoms with Gasteiger partial charge < -0.3 is 28.8 Å². The molecule has 0 spiro atoms. The summed E-state index contributed by atoms with van der Waals surface area (Å²) in [4.78, 5) is 12.3. The van der Waals surface area contributed by atoms with Crippen LogP contribution in [0.4, 0.5) is 0 Å². The molecule has 0 bridgehead atoms. The van der Waals surface area contributed by atoms with E-state index in [1.165, 1.54) is 13.2 Å². The van der Waals surface area contributed by atoms with Gasteiger partial charge in [-0.15, -0.1) is 0 Å². The molecule has 0 radical (unpaired) electrons. The predicted octanol–water partition coefficient (Wildman–Crippen LogP) is 2.57. The fourth-order valence-electron chi connectivity index (χ4n) is 3.10. The molecule has 1 N–H and O–H groups in total. The summed E-state index contributed by atoms with van der Waals surface area (Å²) in [5.41, 5.74) is 1.76. The summed E-state index contributed by atoms with van der Waals surface area (Å²) in [6.45, 7) is 0.268. The van der Waals surface area contributed by atoms with Crippen molar-refractivity contribution in [1.29, 1.82) is 0 Å². The van der Waals surface area contributed by atoms with Gasteiger partial charge in [0.05, 0.1) is 20.3 Å². The highest BCUT2D eigenvalue weighted by Gasteiger charge is 2.42. The molecule has 2 aromatic rings. The van der Waals surface area contributed by atoms with Gasteiger partial charge in [0.1, 0.15) is 18.0 Å². The highest BCUT2D eigenvalue weighted by Crippen LogP contribution is 2.23. The quantitative estimate of drug-likeness (QED) is 0.525.